The van der Waals surface area contributed by atoms with Gasteiger partial charge >= 0.3 is 0 Å². The van der Waals surface area contributed by atoms with Gasteiger partial charge in [-0.05, 0) is 56.3 Å². The minimum atomic E-state index is 0.0927. The fourth-order valence-corrected chi connectivity index (χ4v) is 3.88. The fraction of sp³-hybridized carbons (Fsp3) is 0.600. The van der Waals surface area contributed by atoms with E-state index in [-0.39, 0.29) is 11.8 Å². The third kappa shape index (κ3) is 5.05. The Hall–Kier alpha value is -1.88. The van der Waals surface area contributed by atoms with Gasteiger partial charge in [-0.15, -0.1) is 0 Å². The number of para-hydroxylation sites is 1. The first-order chi connectivity index (χ1) is 12.1. The largest absolute Gasteiger partial charge is 0.343 e. The van der Waals surface area contributed by atoms with Crippen LogP contribution in [0.25, 0.3) is 0 Å². The highest BCUT2D eigenvalue weighted by molar-refractivity contribution is 5.91. The normalized spacial score (nSPS) is 19.2. The number of rotatable bonds is 5. The SMILES string of the molecule is CC(=O)N1CCC(CC(=O)Nc2ccccc2CN2CCCC2)CC1. The highest BCUT2D eigenvalue weighted by Gasteiger charge is 2.23. The molecule has 0 atom stereocenters. The summed E-state index contributed by atoms with van der Waals surface area (Å²) in [5.41, 5.74) is 2.14. The second-order valence-electron chi connectivity index (χ2n) is 7.34. The molecule has 0 saturated carbocycles. The number of carbonyl (C=O) groups excluding carboxylic acids is 2. The molecule has 1 aromatic carbocycles. The number of hydrogen-bond acceptors (Lipinski definition) is 3. The Morgan fingerprint density at radius 1 is 1.08 bits per heavy atom. The average Bonchev–Trinajstić information content (AvgIpc) is 3.10. The summed E-state index contributed by atoms with van der Waals surface area (Å²) in [5.74, 6) is 0.607. The summed E-state index contributed by atoms with van der Waals surface area (Å²) in [5, 5.41) is 3.12. The summed E-state index contributed by atoms with van der Waals surface area (Å²) in [6, 6.07) is 8.13. The topological polar surface area (TPSA) is 52.7 Å². The Morgan fingerprint density at radius 2 is 1.76 bits per heavy atom. The lowest BCUT2D eigenvalue weighted by atomic mass is 9.93. The highest BCUT2D eigenvalue weighted by Crippen LogP contribution is 2.23. The van der Waals surface area contributed by atoms with Crippen molar-refractivity contribution < 1.29 is 9.59 Å². The van der Waals surface area contributed by atoms with Crippen molar-refractivity contribution in [2.45, 2.75) is 45.6 Å². The van der Waals surface area contributed by atoms with Crippen LogP contribution in [0.4, 0.5) is 5.69 Å². The molecule has 1 N–H and O–H groups in total. The molecule has 0 aliphatic carbocycles. The average molecular weight is 343 g/mol. The molecule has 2 aliphatic heterocycles. The number of benzene rings is 1. The second kappa shape index (κ2) is 8.48. The van der Waals surface area contributed by atoms with E-state index in [1.54, 1.807) is 6.92 Å². The lowest BCUT2D eigenvalue weighted by molar-refractivity contribution is -0.130. The molecule has 0 unspecified atom stereocenters. The molecule has 0 radical (unpaired) electrons. The van der Waals surface area contributed by atoms with Crippen LogP contribution in [0.5, 0.6) is 0 Å². The lowest BCUT2D eigenvalue weighted by Crippen LogP contribution is -2.37. The van der Waals surface area contributed by atoms with Crippen LogP contribution in [0, 0.1) is 5.92 Å². The molecule has 25 heavy (non-hydrogen) atoms. The zero-order valence-electron chi connectivity index (χ0n) is 15.2. The van der Waals surface area contributed by atoms with Crippen LogP contribution < -0.4 is 5.32 Å². The molecular formula is C20H29N3O2. The van der Waals surface area contributed by atoms with Crippen molar-refractivity contribution in [2.75, 3.05) is 31.5 Å². The van der Waals surface area contributed by atoms with Crippen LogP contribution in [0.2, 0.25) is 0 Å². The van der Waals surface area contributed by atoms with E-state index in [1.165, 1.54) is 18.4 Å². The molecule has 2 aliphatic rings. The maximum Gasteiger partial charge on any atom is 0.224 e. The predicted molar refractivity (Wildman–Crippen MR) is 99.2 cm³/mol. The van der Waals surface area contributed by atoms with E-state index in [0.717, 1.165) is 51.3 Å². The molecule has 5 heteroatoms. The summed E-state index contributed by atoms with van der Waals surface area (Å²) >= 11 is 0. The predicted octanol–water partition coefficient (Wildman–Crippen LogP) is 2.87. The highest BCUT2D eigenvalue weighted by atomic mass is 16.2. The second-order valence-corrected chi connectivity index (χ2v) is 7.34. The van der Waals surface area contributed by atoms with E-state index in [0.29, 0.717) is 12.3 Å². The summed E-state index contributed by atoms with van der Waals surface area (Å²) in [7, 11) is 0. The lowest BCUT2D eigenvalue weighted by Gasteiger charge is -2.31. The van der Waals surface area contributed by atoms with E-state index >= 15 is 0 Å². The number of piperidine rings is 1. The number of nitrogens with one attached hydrogen (secondary N) is 1. The number of nitrogens with zero attached hydrogens (tertiary/aromatic N) is 2. The zero-order chi connectivity index (χ0) is 17.6. The molecular weight excluding hydrogens is 314 g/mol. The molecule has 0 spiro atoms. The van der Waals surface area contributed by atoms with Crippen LogP contribution in [0.3, 0.4) is 0 Å². The van der Waals surface area contributed by atoms with Gasteiger partial charge in [0.25, 0.3) is 0 Å². The van der Waals surface area contributed by atoms with Gasteiger partial charge in [0.05, 0.1) is 0 Å². The van der Waals surface area contributed by atoms with Crippen molar-refractivity contribution in [2.24, 2.45) is 5.92 Å². The van der Waals surface area contributed by atoms with Gasteiger partial charge in [0.1, 0.15) is 0 Å². The van der Waals surface area contributed by atoms with Crippen LogP contribution in [-0.4, -0.2) is 47.8 Å². The number of hydrogen-bond donors (Lipinski definition) is 1. The zero-order valence-corrected chi connectivity index (χ0v) is 15.2. The molecule has 1 aromatic rings. The Labute approximate surface area is 150 Å². The van der Waals surface area contributed by atoms with Crippen molar-refractivity contribution >= 4 is 17.5 Å². The quantitative estimate of drug-likeness (QED) is 0.894. The van der Waals surface area contributed by atoms with Gasteiger partial charge in [0.2, 0.25) is 11.8 Å². The van der Waals surface area contributed by atoms with Gasteiger partial charge in [-0.1, -0.05) is 18.2 Å². The standard InChI is InChI=1S/C20H29N3O2/c1-16(24)23-12-8-17(9-13-23)14-20(25)21-19-7-3-2-6-18(19)15-22-10-4-5-11-22/h2-3,6-7,17H,4-5,8-15H2,1H3,(H,21,25). The smallest absolute Gasteiger partial charge is 0.224 e. The van der Waals surface area contributed by atoms with Gasteiger partial charge in [-0.3, -0.25) is 14.5 Å². The molecule has 2 saturated heterocycles. The first kappa shape index (κ1) is 17.9. The van der Waals surface area contributed by atoms with E-state index in [1.807, 2.05) is 23.1 Å². The molecule has 2 amide bonds. The van der Waals surface area contributed by atoms with Gasteiger partial charge < -0.3 is 10.2 Å². The molecule has 5 nitrogen and oxygen atoms in total. The van der Waals surface area contributed by atoms with Crippen molar-refractivity contribution in [3.8, 4) is 0 Å². The van der Waals surface area contributed by atoms with E-state index in [2.05, 4.69) is 16.3 Å². The van der Waals surface area contributed by atoms with Crippen molar-refractivity contribution in [1.82, 2.24) is 9.80 Å². The van der Waals surface area contributed by atoms with E-state index in [4.69, 9.17) is 0 Å². The first-order valence-electron chi connectivity index (χ1n) is 9.47. The minimum absolute atomic E-state index is 0.0927. The number of likely N-dealkylation sites (tertiary alicyclic amines) is 2. The maximum absolute atomic E-state index is 12.5. The van der Waals surface area contributed by atoms with Crippen LogP contribution in [-0.2, 0) is 16.1 Å². The minimum Gasteiger partial charge on any atom is -0.343 e. The fourth-order valence-electron chi connectivity index (χ4n) is 3.88. The van der Waals surface area contributed by atoms with Gasteiger partial charge in [0, 0.05) is 38.7 Å². The number of carbonyl (C=O) groups is 2. The summed E-state index contributed by atoms with van der Waals surface area (Å²) < 4.78 is 0. The molecule has 0 bridgehead atoms. The molecule has 2 heterocycles. The third-order valence-corrected chi connectivity index (χ3v) is 5.42. The van der Waals surface area contributed by atoms with Gasteiger partial charge in [-0.2, -0.15) is 0 Å². The molecule has 3 rings (SSSR count). The summed E-state index contributed by atoms with van der Waals surface area (Å²) in [6.45, 7) is 6.38. The Balaban J connectivity index is 1.52. The van der Waals surface area contributed by atoms with Crippen LogP contribution in [0.1, 0.15) is 44.6 Å². The molecule has 136 valence electrons. The Kier molecular flexibility index (Phi) is 6.08. The molecule has 2 fully saturated rings. The van der Waals surface area contributed by atoms with Crippen molar-refractivity contribution in [3.05, 3.63) is 29.8 Å². The Morgan fingerprint density at radius 3 is 2.44 bits per heavy atom. The van der Waals surface area contributed by atoms with Crippen LogP contribution >= 0.6 is 0 Å². The number of amides is 2. The van der Waals surface area contributed by atoms with E-state index < -0.39 is 0 Å². The van der Waals surface area contributed by atoms with Crippen molar-refractivity contribution in [1.29, 1.82) is 0 Å². The van der Waals surface area contributed by atoms with Gasteiger partial charge in [-0.25, -0.2) is 0 Å². The van der Waals surface area contributed by atoms with Crippen molar-refractivity contribution in [3.63, 3.8) is 0 Å². The molecule has 0 aromatic heterocycles. The van der Waals surface area contributed by atoms with Gasteiger partial charge in [0.15, 0.2) is 0 Å². The van der Waals surface area contributed by atoms with E-state index in [9.17, 15) is 9.59 Å². The maximum atomic E-state index is 12.5. The Bertz CT molecular complexity index is 603. The monoisotopic (exact) mass is 343 g/mol. The number of anilines is 1. The van der Waals surface area contributed by atoms with Crippen LogP contribution in [0.15, 0.2) is 24.3 Å². The third-order valence-electron chi connectivity index (χ3n) is 5.42. The summed E-state index contributed by atoms with van der Waals surface area (Å²) in [6.07, 6.45) is 4.93. The first-order valence-corrected chi connectivity index (χ1v) is 9.47. The summed E-state index contributed by atoms with van der Waals surface area (Å²) in [4.78, 5) is 28.2.